The number of hydrogen-bond acceptors (Lipinski definition) is 3. The van der Waals surface area contributed by atoms with Crippen LogP contribution in [0.15, 0.2) is 18.2 Å². The third kappa shape index (κ3) is 3.26. The van der Waals surface area contributed by atoms with Crippen LogP contribution in [0.1, 0.15) is 29.6 Å². The molecule has 1 unspecified atom stereocenters. The van der Waals surface area contributed by atoms with Crippen molar-refractivity contribution < 1.29 is 14.3 Å². The Bertz CT molecular complexity index is 456. The van der Waals surface area contributed by atoms with Crippen molar-refractivity contribution in [2.45, 2.75) is 25.3 Å². The van der Waals surface area contributed by atoms with Crippen molar-refractivity contribution in [2.75, 3.05) is 26.1 Å². The molecule has 1 fully saturated rings. The van der Waals surface area contributed by atoms with Gasteiger partial charge in [-0.2, -0.15) is 0 Å². The Hall–Kier alpha value is -1.23. The van der Waals surface area contributed by atoms with Crippen LogP contribution in [-0.2, 0) is 0 Å². The van der Waals surface area contributed by atoms with E-state index in [1.165, 1.54) is 6.42 Å². The molecular formula is C15H20BrNO3. The van der Waals surface area contributed by atoms with Gasteiger partial charge in [-0.3, -0.25) is 4.79 Å². The monoisotopic (exact) mass is 341 g/mol. The van der Waals surface area contributed by atoms with Gasteiger partial charge in [-0.25, -0.2) is 0 Å². The minimum absolute atomic E-state index is 0.0475. The topological polar surface area (TPSA) is 38.8 Å². The average molecular weight is 342 g/mol. The highest BCUT2D eigenvalue weighted by Crippen LogP contribution is 2.26. The van der Waals surface area contributed by atoms with E-state index in [0.717, 1.165) is 24.7 Å². The molecule has 1 aliphatic heterocycles. The number of carbonyl (C=O) groups excluding carboxylic acids is 1. The smallest absolute Gasteiger partial charge is 0.254 e. The van der Waals surface area contributed by atoms with Crippen molar-refractivity contribution in [2.24, 2.45) is 0 Å². The van der Waals surface area contributed by atoms with Gasteiger partial charge in [0.1, 0.15) is 11.5 Å². The molecule has 0 aromatic heterocycles. The zero-order valence-electron chi connectivity index (χ0n) is 11.9. The Labute approximate surface area is 128 Å². The van der Waals surface area contributed by atoms with E-state index < -0.39 is 0 Å². The van der Waals surface area contributed by atoms with Gasteiger partial charge in [0.15, 0.2) is 0 Å². The summed E-state index contributed by atoms with van der Waals surface area (Å²) in [6, 6.07) is 5.58. The number of piperidine rings is 1. The first-order chi connectivity index (χ1) is 9.69. The predicted octanol–water partition coefficient (Wildman–Crippen LogP) is 3.09. The van der Waals surface area contributed by atoms with Crippen molar-refractivity contribution in [3.63, 3.8) is 0 Å². The van der Waals surface area contributed by atoms with Crippen LogP contribution >= 0.6 is 15.9 Å². The molecular weight excluding hydrogens is 322 g/mol. The average Bonchev–Trinajstić information content (AvgIpc) is 2.53. The largest absolute Gasteiger partial charge is 0.497 e. The van der Waals surface area contributed by atoms with Crippen LogP contribution in [0.5, 0.6) is 11.5 Å². The van der Waals surface area contributed by atoms with Gasteiger partial charge >= 0.3 is 0 Å². The van der Waals surface area contributed by atoms with E-state index in [9.17, 15) is 4.79 Å². The molecule has 4 nitrogen and oxygen atoms in total. The van der Waals surface area contributed by atoms with E-state index in [1.54, 1.807) is 32.4 Å². The first-order valence-electron chi connectivity index (χ1n) is 6.79. The molecule has 0 bridgehead atoms. The van der Waals surface area contributed by atoms with Gasteiger partial charge in [0.05, 0.1) is 14.2 Å². The van der Waals surface area contributed by atoms with Gasteiger partial charge in [-0.15, -0.1) is 0 Å². The molecule has 20 heavy (non-hydrogen) atoms. The molecule has 0 saturated carbocycles. The second-order valence-electron chi connectivity index (χ2n) is 4.90. The van der Waals surface area contributed by atoms with Crippen LogP contribution in [0, 0.1) is 0 Å². The third-order valence-corrected chi connectivity index (χ3v) is 4.41. The van der Waals surface area contributed by atoms with Gasteiger partial charge < -0.3 is 14.4 Å². The Morgan fingerprint density at radius 2 is 1.90 bits per heavy atom. The second-order valence-corrected chi connectivity index (χ2v) is 5.55. The number of alkyl halides is 1. The van der Waals surface area contributed by atoms with Crippen LogP contribution in [0.3, 0.4) is 0 Å². The molecule has 1 heterocycles. The van der Waals surface area contributed by atoms with Gasteiger partial charge in [0.25, 0.3) is 5.91 Å². The lowest BCUT2D eigenvalue weighted by molar-refractivity contribution is 0.0641. The molecule has 1 aliphatic rings. The molecule has 1 amide bonds. The molecule has 110 valence electrons. The lowest BCUT2D eigenvalue weighted by atomic mass is 10.0. The van der Waals surface area contributed by atoms with Crippen molar-refractivity contribution in [1.82, 2.24) is 4.90 Å². The fraction of sp³-hybridized carbons (Fsp3) is 0.533. The molecule has 1 atom stereocenters. The normalized spacial score (nSPS) is 18.8. The molecule has 0 spiro atoms. The van der Waals surface area contributed by atoms with Gasteiger partial charge in [0, 0.05) is 29.5 Å². The third-order valence-electron chi connectivity index (χ3n) is 3.66. The van der Waals surface area contributed by atoms with Crippen molar-refractivity contribution >= 4 is 21.8 Å². The maximum absolute atomic E-state index is 12.7. The zero-order valence-corrected chi connectivity index (χ0v) is 13.5. The lowest BCUT2D eigenvalue weighted by Gasteiger charge is -2.34. The van der Waals surface area contributed by atoms with Crippen molar-refractivity contribution in [3.8, 4) is 11.5 Å². The van der Waals surface area contributed by atoms with Crippen LogP contribution in [-0.4, -0.2) is 42.9 Å². The highest BCUT2D eigenvalue weighted by atomic mass is 79.9. The second kappa shape index (κ2) is 6.97. The van der Waals surface area contributed by atoms with E-state index in [0.29, 0.717) is 17.1 Å². The number of nitrogens with zero attached hydrogens (tertiary/aromatic N) is 1. The quantitative estimate of drug-likeness (QED) is 0.790. The summed E-state index contributed by atoms with van der Waals surface area (Å²) in [7, 11) is 3.18. The fourth-order valence-corrected chi connectivity index (χ4v) is 3.20. The molecule has 0 N–H and O–H groups in total. The maximum atomic E-state index is 12.7. The molecule has 1 aromatic carbocycles. The molecule has 1 aromatic rings. The first kappa shape index (κ1) is 15.2. The summed E-state index contributed by atoms with van der Waals surface area (Å²) in [6.07, 6.45) is 3.30. The summed E-state index contributed by atoms with van der Waals surface area (Å²) in [6.45, 7) is 0.814. The summed E-state index contributed by atoms with van der Waals surface area (Å²) in [5.41, 5.74) is 0.619. The van der Waals surface area contributed by atoms with Crippen molar-refractivity contribution in [1.29, 1.82) is 0 Å². The Kier molecular flexibility index (Phi) is 5.29. The molecule has 1 saturated heterocycles. The summed E-state index contributed by atoms with van der Waals surface area (Å²) in [4.78, 5) is 14.7. The molecule has 2 rings (SSSR count). The van der Waals surface area contributed by atoms with Gasteiger partial charge in [0.2, 0.25) is 0 Å². The Morgan fingerprint density at radius 1 is 1.25 bits per heavy atom. The van der Waals surface area contributed by atoms with Crippen LogP contribution < -0.4 is 9.47 Å². The van der Waals surface area contributed by atoms with Crippen molar-refractivity contribution in [3.05, 3.63) is 23.8 Å². The molecule has 5 heteroatoms. The number of halogens is 1. The Morgan fingerprint density at radius 3 is 2.45 bits per heavy atom. The number of rotatable bonds is 4. The van der Waals surface area contributed by atoms with Crippen LogP contribution in [0.2, 0.25) is 0 Å². The summed E-state index contributed by atoms with van der Waals surface area (Å²) < 4.78 is 10.5. The van der Waals surface area contributed by atoms with E-state index in [2.05, 4.69) is 15.9 Å². The number of hydrogen-bond donors (Lipinski definition) is 0. The Balaban J connectivity index is 2.27. The van der Waals surface area contributed by atoms with Crippen LogP contribution in [0.25, 0.3) is 0 Å². The minimum Gasteiger partial charge on any atom is -0.497 e. The number of likely N-dealkylation sites (tertiary alicyclic amines) is 1. The number of methoxy groups -OCH3 is 2. The maximum Gasteiger partial charge on any atom is 0.254 e. The van der Waals surface area contributed by atoms with E-state index >= 15 is 0 Å². The minimum atomic E-state index is 0.0475. The number of carbonyl (C=O) groups is 1. The standard InChI is InChI=1S/C15H20BrNO3/c1-19-13-7-11(8-14(9-13)20-2)15(18)17-6-4-3-5-12(17)10-16/h7-9,12H,3-6,10H2,1-2H3. The lowest BCUT2D eigenvalue weighted by Crippen LogP contribution is -2.44. The molecule has 0 aliphatic carbocycles. The number of amides is 1. The number of ether oxygens (including phenoxy) is 2. The first-order valence-corrected chi connectivity index (χ1v) is 7.91. The highest BCUT2D eigenvalue weighted by molar-refractivity contribution is 9.09. The fourth-order valence-electron chi connectivity index (χ4n) is 2.53. The predicted molar refractivity (Wildman–Crippen MR) is 82.0 cm³/mol. The van der Waals surface area contributed by atoms with Gasteiger partial charge in [-0.1, -0.05) is 15.9 Å². The van der Waals surface area contributed by atoms with E-state index in [-0.39, 0.29) is 11.9 Å². The SMILES string of the molecule is COc1cc(OC)cc(C(=O)N2CCCCC2CBr)c1. The zero-order chi connectivity index (χ0) is 14.5. The van der Waals surface area contributed by atoms with E-state index in [4.69, 9.17) is 9.47 Å². The summed E-state index contributed by atoms with van der Waals surface area (Å²) >= 11 is 3.51. The highest BCUT2D eigenvalue weighted by Gasteiger charge is 2.27. The summed E-state index contributed by atoms with van der Waals surface area (Å²) in [5.74, 6) is 1.33. The van der Waals surface area contributed by atoms with Crippen LogP contribution in [0.4, 0.5) is 0 Å². The van der Waals surface area contributed by atoms with E-state index in [1.807, 2.05) is 4.90 Å². The number of benzene rings is 1. The molecule has 0 radical (unpaired) electrons. The summed E-state index contributed by atoms with van der Waals surface area (Å²) in [5, 5.41) is 0.819. The van der Waals surface area contributed by atoms with Gasteiger partial charge in [-0.05, 0) is 31.4 Å².